The van der Waals surface area contributed by atoms with Gasteiger partial charge in [0.2, 0.25) is 0 Å². The minimum atomic E-state index is 0.343. The summed E-state index contributed by atoms with van der Waals surface area (Å²) < 4.78 is 0. The predicted octanol–water partition coefficient (Wildman–Crippen LogP) is 3.68. The summed E-state index contributed by atoms with van der Waals surface area (Å²) in [5, 5.41) is 22.2. The number of nitrogens with zero attached hydrogens (tertiary/aromatic N) is 5. The van der Waals surface area contributed by atoms with Gasteiger partial charge in [0, 0.05) is 11.1 Å². The van der Waals surface area contributed by atoms with Crippen molar-refractivity contribution in [2.45, 2.75) is 0 Å². The normalized spacial score (nSPS) is 11.8. The molecule has 0 aliphatic carbocycles. The second-order valence-electron chi connectivity index (χ2n) is 3.82. The van der Waals surface area contributed by atoms with Crippen LogP contribution in [0.25, 0.3) is 5.08 Å². The van der Waals surface area contributed by atoms with E-state index >= 15 is 0 Å². The van der Waals surface area contributed by atoms with Gasteiger partial charge in [0.1, 0.15) is 5.71 Å². The fraction of sp³-hybridized carbons (Fsp3) is 0. The van der Waals surface area contributed by atoms with Crippen LogP contribution in [-0.4, -0.2) is 11.4 Å². The van der Waals surface area contributed by atoms with Crippen molar-refractivity contribution in [3.05, 3.63) is 76.9 Å². The third-order valence-electron chi connectivity index (χ3n) is 2.61. The van der Waals surface area contributed by atoms with Crippen molar-refractivity contribution in [2.75, 3.05) is 0 Å². The summed E-state index contributed by atoms with van der Waals surface area (Å²) in [7, 11) is 0. The lowest BCUT2D eigenvalue weighted by molar-refractivity contribution is 0.992. The van der Waals surface area contributed by atoms with Crippen LogP contribution in [0.1, 0.15) is 11.1 Å². The fourth-order valence-electron chi connectivity index (χ4n) is 1.77. The van der Waals surface area contributed by atoms with Crippen LogP contribution < -0.4 is 0 Å². The standard InChI is InChI=1S/C14H11N6/c15-19-17-13(11-7-3-1-4-8-11)14(18-20-16)12-9-5-2-6-10-12/h1-10,15H/q+1. The number of rotatable bonds is 4. The first-order chi connectivity index (χ1) is 9.86. The minimum absolute atomic E-state index is 0.343. The van der Waals surface area contributed by atoms with Crippen LogP contribution in [-0.2, 0) is 0 Å². The molecule has 0 saturated heterocycles. The van der Waals surface area contributed by atoms with Crippen molar-refractivity contribution < 1.29 is 0 Å². The maximum atomic E-state index is 8.77. The molecule has 0 spiro atoms. The van der Waals surface area contributed by atoms with Crippen LogP contribution in [0.5, 0.6) is 0 Å². The number of nitrogens with one attached hydrogen (secondary N) is 1. The lowest BCUT2D eigenvalue weighted by atomic mass is 10.00. The van der Waals surface area contributed by atoms with Gasteiger partial charge in [0.25, 0.3) is 5.39 Å². The lowest BCUT2D eigenvalue weighted by Gasteiger charge is -2.04. The smallest absolute Gasteiger partial charge is 0.185 e. The van der Waals surface area contributed by atoms with Crippen LogP contribution in [0.4, 0.5) is 0 Å². The maximum absolute atomic E-state index is 8.77. The maximum Gasteiger partial charge on any atom is 0.339 e. The van der Waals surface area contributed by atoms with Crippen LogP contribution in [0, 0.1) is 10.9 Å². The average molecular weight is 263 g/mol. The van der Waals surface area contributed by atoms with Crippen LogP contribution in [0.2, 0.25) is 0 Å². The first kappa shape index (κ1) is 13.2. The molecule has 0 unspecified atom stereocenters. The molecule has 0 heterocycles. The summed E-state index contributed by atoms with van der Waals surface area (Å²) in [5.41, 5.74) is 9.12. The van der Waals surface area contributed by atoms with E-state index in [4.69, 9.17) is 10.9 Å². The molecule has 2 rings (SSSR count). The summed E-state index contributed by atoms with van der Waals surface area (Å²) >= 11 is 0. The summed E-state index contributed by atoms with van der Waals surface area (Å²) in [4.78, 5) is 0. The van der Waals surface area contributed by atoms with Gasteiger partial charge >= 0.3 is 5.08 Å². The van der Waals surface area contributed by atoms with Gasteiger partial charge in [-0.1, -0.05) is 65.9 Å². The number of diazo groups is 1. The van der Waals surface area contributed by atoms with Crippen molar-refractivity contribution in [3.63, 3.8) is 0 Å². The Labute approximate surface area is 115 Å². The Bertz CT molecular complexity index is 683. The summed E-state index contributed by atoms with van der Waals surface area (Å²) in [6.45, 7) is 0. The minimum Gasteiger partial charge on any atom is -0.185 e. The molecule has 0 bridgehead atoms. The zero-order chi connectivity index (χ0) is 14.2. The third kappa shape index (κ3) is 2.97. The van der Waals surface area contributed by atoms with Gasteiger partial charge in [-0.05, 0) is 0 Å². The highest BCUT2D eigenvalue weighted by molar-refractivity contribution is 6.53. The predicted molar refractivity (Wildman–Crippen MR) is 76.2 cm³/mol. The van der Waals surface area contributed by atoms with Gasteiger partial charge in [-0.3, -0.25) is 0 Å². The molecule has 6 nitrogen and oxygen atoms in total. The van der Waals surface area contributed by atoms with E-state index in [-0.39, 0.29) is 0 Å². The van der Waals surface area contributed by atoms with Gasteiger partial charge in [-0.15, -0.1) is 5.10 Å². The molecule has 2 aromatic carbocycles. The van der Waals surface area contributed by atoms with E-state index in [2.05, 4.69) is 20.5 Å². The molecule has 0 amide bonds. The SMILES string of the molecule is N#[N+]N=C(C(=NN=N)c1ccccc1)c1ccccc1. The first-order valence-electron chi connectivity index (χ1n) is 5.84. The van der Waals surface area contributed by atoms with Crippen molar-refractivity contribution in [1.82, 2.24) is 0 Å². The molecule has 1 N–H and O–H groups in total. The van der Waals surface area contributed by atoms with E-state index in [0.29, 0.717) is 11.4 Å². The van der Waals surface area contributed by atoms with Crippen molar-refractivity contribution >= 4 is 11.4 Å². The van der Waals surface area contributed by atoms with E-state index in [1.54, 1.807) is 0 Å². The van der Waals surface area contributed by atoms with Gasteiger partial charge in [0.15, 0.2) is 10.8 Å². The summed E-state index contributed by atoms with van der Waals surface area (Å²) in [5.74, 6) is 0. The Hall–Kier alpha value is -3.20. The largest absolute Gasteiger partial charge is 0.339 e. The average Bonchev–Trinajstić information content (AvgIpc) is 2.52. The summed E-state index contributed by atoms with van der Waals surface area (Å²) in [6, 6.07) is 18.4. The zero-order valence-corrected chi connectivity index (χ0v) is 10.5. The highest BCUT2D eigenvalue weighted by Gasteiger charge is 2.18. The van der Waals surface area contributed by atoms with Gasteiger partial charge in [-0.25, -0.2) is 0 Å². The highest BCUT2D eigenvalue weighted by Crippen LogP contribution is 2.11. The molecule has 0 aliphatic rings. The highest BCUT2D eigenvalue weighted by atomic mass is 15.3. The molecule has 0 aromatic heterocycles. The monoisotopic (exact) mass is 263 g/mol. The molecule has 0 fully saturated rings. The number of benzene rings is 2. The molecular formula is C14H11N6+. The van der Waals surface area contributed by atoms with E-state index in [1.165, 1.54) is 0 Å². The fourth-order valence-corrected chi connectivity index (χ4v) is 1.77. The van der Waals surface area contributed by atoms with E-state index in [0.717, 1.165) is 11.1 Å². The Morgan fingerprint density at radius 2 is 1.35 bits per heavy atom. The Morgan fingerprint density at radius 3 is 1.80 bits per heavy atom. The van der Waals surface area contributed by atoms with Crippen molar-refractivity contribution in [2.24, 2.45) is 15.4 Å². The molecule has 6 heteroatoms. The Kier molecular flexibility index (Phi) is 4.41. The Balaban J connectivity index is 2.58. The molecule has 2 aromatic rings. The van der Waals surface area contributed by atoms with E-state index in [9.17, 15) is 0 Å². The molecule has 0 atom stereocenters. The van der Waals surface area contributed by atoms with Crippen molar-refractivity contribution in [1.29, 1.82) is 10.9 Å². The molecule has 96 valence electrons. The number of hydrogen-bond acceptors (Lipinski definition) is 4. The third-order valence-corrected chi connectivity index (χ3v) is 2.61. The van der Waals surface area contributed by atoms with Crippen LogP contribution >= 0.6 is 0 Å². The van der Waals surface area contributed by atoms with Gasteiger partial charge in [-0.2, -0.15) is 5.53 Å². The van der Waals surface area contributed by atoms with Crippen LogP contribution in [0.15, 0.2) is 76.1 Å². The molecule has 20 heavy (non-hydrogen) atoms. The second kappa shape index (κ2) is 6.66. The second-order valence-corrected chi connectivity index (χ2v) is 3.82. The first-order valence-corrected chi connectivity index (χ1v) is 5.84. The molecule has 0 aliphatic heterocycles. The van der Waals surface area contributed by atoms with Gasteiger partial charge in [0.05, 0.1) is 0 Å². The molecule has 0 radical (unpaired) electrons. The van der Waals surface area contributed by atoms with E-state index in [1.807, 2.05) is 60.7 Å². The quantitative estimate of drug-likeness (QED) is 0.387. The topological polar surface area (TPSA) is 89.1 Å². The number of hydrogen-bond donors (Lipinski definition) is 1. The van der Waals surface area contributed by atoms with E-state index < -0.39 is 0 Å². The zero-order valence-electron chi connectivity index (χ0n) is 10.5. The Morgan fingerprint density at radius 1 is 0.850 bits per heavy atom. The van der Waals surface area contributed by atoms with Gasteiger partial charge < -0.3 is 0 Å². The lowest BCUT2D eigenvalue weighted by Crippen LogP contribution is -2.16. The molecule has 0 saturated carbocycles. The molecular weight excluding hydrogens is 252 g/mol. The van der Waals surface area contributed by atoms with Crippen LogP contribution in [0.3, 0.4) is 0 Å². The summed E-state index contributed by atoms with van der Waals surface area (Å²) in [6.07, 6.45) is 0. The van der Waals surface area contributed by atoms with Crippen molar-refractivity contribution in [3.8, 4) is 0 Å².